The highest BCUT2D eigenvalue weighted by molar-refractivity contribution is 4.90. The third-order valence-corrected chi connectivity index (χ3v) is 4.42. The molecule has 94 valence electrons. The summed E-state index contributed by atoms with van der Waals surface area (Å²) in [6, 6.07) is 0. The Labute approximate surface area is 99.4 Å². The third kappa shape index (κ3) is 2.78. The predicted octanol–water partition coefficient (Wildman–Crippen LogP) is 3.13. The van der Waals surface area contributed by atoms with E-state index < -0.39 is 0 Å². The molecule has 4 unspecified atom stereocenters. The lowest BCUT2D eigenvalue weighted by molar-refractivity contribution is -0.0925. The molecule has 2 saturated carbocycles. The number of ether oxygens (including phenoxy) is 1. The third-order valence-electron chi connectivity index (χ3n) is 4.42. The number of aliphatic hydroxyl groups is 1. The van der Waals surface area contributed by atoms with Crippen LogP contribution < -0.4 is 0 Å². The molecule has 0 aromatic heterocycles. The fourth-order valence-electron chi connectivity index (χ4n) is 3.48. The van der Waals surface area contributed by atoms with Crippen LogP contribution in [0.2, 0.25) is 0 Å². The molecule has 0 aromatic carbocycles. The van der Waals surface area contributed by atoms with Crippen molar-refractivity contribution in [3.05, 3.63) is 0 Å². The molecular formula is C14H26O2. The molecule has 0 bridgehead atoms. The van der Waals surface area contributed by atoms with E-state index >= 15 is 0 Å². The van der Waals surface area contributed by atoms with Gasteiger partial charge in [-0.2, -0.15) is 0 Å². The number of hydrogen-bond donors (Lipinski definition) is 1. The molecule has 2 aliphatic rings. The van der Waals surface area contributed by atoms with Crippen molar-refractivity contribution < 1.29 is 9.84 Å². The van der Waals surface area contributed by atoms with E-state index in [4.69, 9.17) is 4.74 Å². The summed E-state index contributed by atoms with van der Waals surface area (Å²) in [7, 11) is 0. The number of fused-ring (bicyclic) bond motifs is 1. The smallest absolute Gasteiger partial charge is 0.0607 e. The van der Waals surface area contributed by atoms with Gasteiger partial charge in [0.2, 0.25) is 0 Å². The summed E-state index contributed by atoms with van der Waals surface area (Å²) < 4.78 is 6.03. The Bertz CT molecular complexity index is 205. The van der Waals surface area contributed by atoms with Gasteiger partial charge >= 0.3 is 0 Å². The van der Waals surface area contributed by atoms with Crippen LogP contribution in [0.4, 0.5) is 0 Å². The lowest BCUT2D eigenvalue weighted by Gasteiger charge is -2.43. The first-order valence-corrected chi connectivity index (χ1v) is 7.12. The Morgan fingerprint density at radius 3 is 2.56 bits per heavy atom. The molecule has 0 radical (unpaired) electrons. The summed E-state index contributed by atoms with van der Waals surface area (Å²) in [6.07, 6.45) is 9.96. The highest BCUT2D eigenvalue weighted by Crippen LogP contribution is 2.41. The van der Waals surface area contributed by atoms with Crippen molar-refractivity contribution in [2.75, 3.05) is 6.61 Å². The Hall–Kier alpha value is -0.0800. The van der Waals surface area contributed by atoms with Gasteiger partial charge in [0, 0.05) is 6.61 Å². The zero-order chi connectivity index (χ0) is 11.4. The van der Waals surface area contributed by atoms with Gasteiger partial charge in [0.05, 0.1) is 12.2 Å². The zero-order valence-electron chi connectivity index (χ0n) is 10.5. The standard InChI is InChI=1S/C14H26O2/c1-2-3-10-16-14-9-8-13(15)11-6-4-5-7-12(11)14/h11-15H,2-10H2,1H3. The molecule has 4 atom stereocenters. The van der Waals surface area contributed by atoms with Crippen molar-refractivity contribution in [1.29, 1.82) is 0 Å². The van der Waals surface area contributed by atoms with Gasteiger partial charge in [0.25, 0.3) is 0 Å². The Balaban J connectivity index is 1.87. The lowest BCUT2D eigenvalue weighted by Crippen LogP contribution is -2.43. The highest BCUT2D eigenvalue weighted by atomic mass is 16.5. The minimum absolute atomic E-state index is 0.0451. The fraction of sp³-hybridized carbons (Fsp3) is 1.00. The maximum atomic E-state index is 10.0. The van der Waals surface area contributed by atoms with Crippen LogP contribution in [0.5, 0.6) is 0 Å². The minimum Gasteiger partial charge on any atom is -0.393 e. The number of unbranched alkanes of at least 4 members (excludes halogenated alkanes) is 1. The van der Waals surface area contributed by atoms with Crippen LogP contribution in [-0.2, 0) is 4.74 Å². The second-order valence-corrected chi connectivity index (χ2v) is 5.52. The molecule has 1 N–H and O–H groups in total. The van der Waals surface area contributed by atoms with Crippen LogP contribution in [0.1, 0.15) is 58.3 Å². The van der Waals surface area contributed by atoms with Crippen molar-refractivity contribution in [3.63, 3.8) is 0 Å². The van der Waals surface area contributed by atoms with Gasteiger partial charge in [-0.05, 0) is 43.9 Å². The van der Waals surface area contributed by atoms with Crippen molar-refractivity contribution in [1.82, 2.24) is 0 Å². The average molecular weight is 226 g/mol. The Morgan fingerprint density at radius 1 is 1.06 bits per heavy atom. The molecule has 2 aliphatic carbocycles. The van der Waals surface area contributed by atoms with Crippen molar-refractivity contribution in [3.8, 4) is 0 Å². The summed E-state index contributed by atoms with van der Waals surface area (Å²) in [6.45, 7) is 3.12. The van der Waals surface area contributed by atoms with Crippen LogP contribution >= 0.6 is 0 Å². The van der Waals surface area contributed by atoms with E-state index in [-0.39, 0.29) is 6.10 Å². The van der Waals surface area contributed by atoms with Crippen molar-refractivity contribution >= 4 is 0 Å². The number of aliphatic hydroxyl groups excluding tert-OH is 1. The van der Waals surface area contributed by atoms with E-state index in [1.807, 2.05) is 0 Å². The minimum atomic E-state index is -0.0451. The molecule has 0 aliphatic heterocycles. The lowest BCUT2D eigenvalue weighted by atomic mass is 9.68. The van der Waals surface area contributed by atoms with Gasteiger partial charge in [-0.25, -0.2) is 0 Å². The molecule has 0 heterocycles. The summed E-state index contributed by atoms with van der Waals surface area (Å²) in [5.74, 6) is 1.18. The molecule has 0 amide bonds. The summed E-state index contributed by atoms with van der Waals surface area (Å²) in [5, 5.41) is 10.0. The fourth-order valence-corrected chi connectivity index (χ4v) is 3.48. The van der Waals surface area contributed by atoms with Crippen LogP contribution in [-0.4, -0.2) is 23.9 Å². The molecule has 2 fully saturated rings. The van der Waals surface area contributed by atoms with Gasteiger partial charge in [-0.15, -0.1) is 0 Å². The largest absolute Gasteiger partial charge is 0.393 e. The first kappa shape index (κ1) is 12.4. The first-order chi connectivity index (χ1) is 7.83. The number of hydrogen-bond acceptors (Lipinski definition) is 2. The first-order valence-electron chi connectivity index (χ1n) is 7.12. The predicted molar refractivity (Wildman–Crippen MR) is 65.3 cm³/mol. The second kappa shape index (κ2) is 6.02. The SMILES string of the molecule is CCCCOC1CCC(O)C2CCCCC12. The molecule has 0 aromatic rings. The van der Waals surface area contributed by atoms with E-state index in [1.54, 1.807) is 0 Å². The maximum Gasteiger partial charge on any atom is 0.0607 e. The maximum absolute atomic E-state index is 10.0. The summed E-state index contributed by atoms with van der Waals surface area (Å²) in [5.41, 5.74) is 0. The van der Waals surface area contributed by atoms with Gasteiger partial charge < -0.3 is 9.84 Å². The molecule has 16 heavy (non-hydrogen) atoms. The van der Waals surface area contributed by atoms with Crippen LogP contribution in [0.15, 0.2) is 0 Å². The second-order valence-electron chi connectivity index (χ2n) is 5.52. The Kier molecular flexibility index (Phi) is 4.66. The van der Waals surface area contributed by atoms with E-state index in [2.05, 4.69) is 6.92 Å². The summed E-state index contributed by atoms with van der Waals surface area (Å²) >= 11 is 0. The molecule has 0 saturated heterocycles. The van der Waals surface area contributed by atoms with Crippen molar-refractivity contribution in [2.45, 2.75) is 70.5 Å². The topological polar surface area (TPSA) is 29.5 Å². The van der Waals surface area contributed by atoms with Gasteiger partial charge in [-0.1, -0.05) is 26.2 Å². The quantitative estimate of drug-likeness (QED) is 0.746. The van der Waals surface area contributed by atoms with E-state index in [1.165, 1.54) is 38.5 Å². The molecule has 2 heteroatoms. The van der Waals surface area contributed by atoms with E-state index in [0.29, 0.717) is 17.9 Å². The van der Waals surface area contributed by atoms with Gasteiger partial charge in [0.15, 0.2) is 0 Å². The zero-order valence-corrected chi connectivity index (χ0v) is 10.5. The normalized spacial score (nSPS) is 39.4. The van der Waals surface area contributed by atoms with Gasteiger partial charge in [0.1, 0.15) is 0 Å². The van der Waals surface area contributed by atoms with Crippen LogP contribution in [0.25, 0.3) is 0 Å². The molecular weight excluding hydrogens is 200 g/mol. The molecule has 2 rings (SSSR count). The van der Waals surface area contributed by atoms with E-state index in [9.17, 15) is 5.11 Å². The average Bonchev–Trinajstić information content (AvgIpc) is 2.33. The Morgan fingerprint density at radius 2 is 1.81 bits per heavy atom. The van der Waals surface area contributed by atoms with Crippen molar-refractivity contribution in [2.24, 2.45) is 11.8 Å². The monoisotopic (exact) mass is 226 g/mol. The van der Waals surface area contributed by atoms with Crippen LogP contribution in [0, 0.1) is 11.8 Å². The van der Waals surface area contributed by atoms with Gasteiger partial charge in [-0.3, -0.25) is 0 Å². The van der Waals surface area contributed by atoms with E-state index in [0.717, 1.165) is 19.4 Å². The van der Waals surface area contributed by atoms with Crippen LogP contribution in [0.3, 0.4) is 0 Å². The molecule has 0 spiro atoms. The molecule has 2 nitrogen and oxygen atoms in total. The summed E-state index contributed by atoms with van der Waals surface area (Å²) in [4.78, 5) is 0. The number of rotatable bonds is 4. The highest BCUT2D eigenvalue weighted by Gasteiger charge is 2.40.